The maximum atomic E-state index is 11.7. The number of nitrogens with one attached hydrogen (secondary N) is 1. The minimum atomic E-state index is -4.54. The van der Waals surface area contributed by atoms with E-state index in [9.17, 15) is 22.6 Å². The minimum Gasteiger partial charge on any atom is -0.747 e. The van der Waals surface area contributed by atoms with Crippen molar-refractivity contribution in [2.45, 2.75) is 0 Å². The number of Topliss-reactive ketones (excluding diaryl/α,β-unsaturated/α-hetero) is 2. The third kappa shape index (κ3) is 3.47. The highest BCUT2D eigenvalue weighted by Crippen LogP contribution is 2.33. The molecule has 0 unspecified atom stereocenters. The number of carbonyl (C=O) groups is 2. The maximum absolute atomic E-state index is 11.7. The Morgan fingerprint density at radius 1 is 1.00 bits per heavy atom. The van der Waals surface area contributed by atoms with Gasteiger partial charge in [0.1, 0.15) is 21.7 Å². The number of hydrogen-bond donors (Lipinski definition) is 1. The van der Waals surface area contributed by atoms with Crippen molar-refractivity contribution in [1.29, 1.82) is 0 Å². The lowest BCUT2D eigenvalue weighted by Gasteiger charge is -2.17. The summed E-state index contributed by atoms with van der Waals surface area (Å²) in [5.74, 6) is -2.15. The average Bonchev–Trinajstić information content (AvgIpc) is 2.22. The van der Waals surface area contributed by atoms with Gasteiger partial charge in [-0.15, -0.1) is 0 Å². The summed E-state index contributed by atoms with van der Waals surface area (Å²) in [6, 6.07) is 0. The molecule has 1 aliphatic carbocycles. The Morgan fingerprint density at radius 3 is 1.94 bits per heavy atom. The number of carbonyl (C=O) groups excluding carboxylic acids is 2. The highest BCUT2D eigenvalue weighted by atomic mass is 79.9. The zero-order valence-corrected chi connectivity index (χ0v) is 13.4. The smallest absolute Gasteiger partial charge is 0.218 e. The summed E-state index contributed by atoms with van der Waals surface area (Å²) in [6.45, 7) is 0. The summed E-state index contributed by atoms with van der Waals surface area (Å²) in [6.07, 6.45) is 0. The molecule has 1 aliphatic rings. The number of halogens is 3. The fraction of sp³-hybridized carbons (Fsp3) is 0.143. The molecule has 0 radical (unpaired) electrons. The van der Waals surface area contributed by atoms with Crippen molar-refractivity contribution in [2.75, 3.05) is 5.88 Å². The molecule has 0 spiro atoms. The second kappa shape index (κ2) is 5.31. The van der Waals surface area contributed by atoms with Gasteiger partial charge < -0.3 is 9.87 Å². The Balaban J connectivity index is 3.08. The first-order valence-electron chi connectivity index (χ1n) is 3.87. The first-order valence-corrected chi connectivity index (χ1v) is 7.82. The van der Waals surface area contributed by atoms with Gasteiger partial charge in [-0.25, -0.2) is 8.42 Å². The quantitative estimate of drug-likeness (QED) is 0.502. The molecule has 17 heavy (non-hydrogen) atoms. The van der Waals surface area contributed by atoms with Crippen LogP contribution in [0.4, 0.5) is 0 Å². The molecule has 0 saturated carbocycles. The van der Waals surface area contributed by atoms with Gasteiger partial charge in [-0.1, -0.05) is 0 Å². The monoisotopic (exact) mass is 450 g/mol. The molecule has 6 nitrogen and oxygen atoms in total. The van der Waals surface area contributed by atoms with Gasteiger partial charge in [0.2, 0.25) is 11.6 Å². The fourth-order valence-corrected chi connectivity index (χ4v) is 2.80. The van der Waals surface area contributed by atoms with E-state index in [4.69, 9.17) is 0 Å². The van der Waals surface area contributed by atoms with E-state index in [0.29, 0.717) is 0 Å². The first kappa shape index (κ1) is 15.0. The lowest BCUT2D eigenvalue weighted by molar-refractivity contribution is -0.115. The first-order chi connectivity index (χ1) is 7.65. The van der Waals surface area contributed by atoms with Crippen molar-refractivity contribution in [3.05, 3.63) is 19.1 Å². The minimum absolute atomic E-state index is 0.0184. The molecule has 0 atom stereocenters. The molecular weight excluding hydrogens is 450 g/mol. The van der Waals surface area contributed by atoms with Gasteiger partial charge >= 0.3 is 0 Å². The highest BCUT2D eigenvalue weighted by Gasteiger charge is 2.31. The highest BCUT2D eigenvalue weighted by molar-refractivity contribution is 9.15. The number of hydrogen-bond acceptors (Lipinski definition) is 6. The summed E-state index contributed by atoms with van der Waals surface area (Å²) in [5.41, 5.74) is -0.274. The molecule has 0 amide bonds. The molecule has 0 saturated heterocycles. The zero-order valence-electron chi connectivity index (χ0n) is 7.79. The van der Waals surface area contributed by atoms with Crippen molar-refractivity contribution in [3.8, 4) is 0 Å². The Kier molecular flexibility index (Phi) is 4.69. The van der Waals surface area contributed by atoms with Gasteiger partial charge in [0, 0.05) is 0 Å². The molecule has 1 N–H and O–H groups in total. The summed E-state index contributed by atoms with van der Waals surface area (Å²) in [5, 5.41) is 2.12. The predicted molar refractivity (Wildman–Crippen MR) is 68.5 cm³/mol. The number of rotatable bonds is 3. The Labute approximate surface area is 122 Å². The number of allylic oxidation sites excluding steroid dienone is 3. The second-order valence-corrected chi connectivity index (χ2v) is 6.64. The topological polar surface area (TPSA) is 103 Å². The molecular formula is C7H3Br3NO5S-. The Hall–Kier alpha value is -0.0300. The van der Waals surface area contributed by atoms with Crippen LogP contribution in [-0.4, -0.2) is 30.4 Å². The molecule has 94 valence electrons. The Morgan fingerprint density at radius 2 is 1.47 bits per heavy atom. The molecule has 0 heterocycles. The summed E-state index contributed by atoms with van der Waals surface area (Å²) in [7, 11) is -4.54. The van der Waals surface area contributed by atoms with E-state index in [1.807, 2.05) is 0 Å². The summed E-state index contributed by atoms with van der Waals surface area (Å²) < 4.78 is 31.1. The van der Waals surface area contributed by atoms with E-state index in [1.54, 1.807) is 0 Å². The van der Waals surface area contributed by atoms with Gasteiger partial charge in [-0.3, -0.25) is 9.59 Å². The van der Waals surface area contributed by atoms with Crippen LogP contribution in [0, 0.1) is 0 Å². The van der Waals surface area contributed by atoms with Crippen LogP contribution < -0.4 is 5.32 Å². The third-order valence-electron chi connectivity index (χ3n) is 1.66. The van der Waals surface area contributed by atoms with Crippen LogP contribution >= 0.6 is 47.8 Å². The van der Waals surface area contributed by atoms with Crippen LogP contribution in [0.1, 0.15) is 0 Å². The largest absolute Gasteiger partial charge is 0.747 e. The molecule has 0 fully saturated rings. The third-order valence-corrected chi connectivity index (χ3v) is 4.96. The van der Waals surface area contributed by atoms with E-state index >= 15 is 0 Å². The predicted octanol–water partition coefficient (Wildman–Crippen LogP) is 0.838. The number of ketones is 2. The lowest BCUT2D eigenvalue weighted by Crippen LogP contribution is -2.31. The van der Waals surface area contributed by atoms with E-state index < -0.39 is 27.6 Å². The second-order valence-electron chi connectivity index (χ2n) is 2.85. The summed E-state index contributed by atoms with van der Waals surface area (Å²) >= 11 is 8.66. The molecule has 0 aromatic carbocycles. The zero-order chi connectivity index (χ0) is 13.4. The summed E-state index contributed by atoms with van der Waals surface area (Å²) in [4.78, 5) is 23.2. The van der Waals surface area contributed by atoms with Crippen LogP contribution in [-0.2, 0) is 19.7 Å². The lowest BCUT2D eigenvalue weighted by atomic mass is 10.1. The van der Waals surface area contributed by atoms with Crippen molar-refractivity contribution in [3.63, 3.8) is 0 Å². The van der Waals surface area contributed by atoms with Crippen LogP contribution in [0.3, 0.4) is 0 Å². The van der Waals surface area contributed by atoms with Gasteiger partial charge in [-0.05, 0) is 47.8 Å². The van der Waals surface area contributed by atoms with E-state index in [0.717, 1.165) is 0 Å². The van der Waals surface area contributed by atoms with Crippen LogP contribution in [0.25, 0.3) is 0 Å². The van der Waals surface area contributed by atoms with Gasteiger partial charge in [0.25, 0.3) is 0 Å². The van der Waals surface area contributed by atoms with Crippen LogP contribution in [0.5, 0.6) is 0 Å². The van der Waals surface area contributed by atoms with Crippen molar-refractivity contribution < 1.29 is 22.6 Å². The molecule has 0 aromatic heterocycles. The normalized spacial score (nSPS) is 17.9. The van der Waals surface area contributed by atoms with Crippen LogP contribution in [0.2, 0.25) is 0 Å². The molecule has 0 aromatic rings. The maximum Gasteiger partial charge on any atom is 0.218 e. The van der Waals surface area contributed by atoms with Crippen molar-refractivity contribution in [1.82, 2.24) is 5.32 Å². The van der Waals surface area contributed by atoms with E-state index in [2.05, 4.69) is 53.1 Å². The van der Waals surface area contributed by atoms with Gasteiger partial charge in [0.15, 0.2) is 0 Å². The fourth-order valence-electron chi connectivity index (χ4n) is 0.937. The molecule has 10 heteroatoms. The standard InChI is InChI=1S/C7H4Br3NO5S/c8-2-3(9)7(13)5(4(10)6(2)12)11-1-17(14,15)16/h11H,1H2,(H,14,15,16)/p-1. The van der Waals surface area contributed by atoms with Crippen molar-refractivity contribution in [2.24, 2.45) is 0 Å². The average molecular weight is 453 g/mol. The van der Waals surface area contributed by atoms with E-state index in [1.165, 1.54) is 0 Å². The van der Waals surface area contributed by atoms with Gasteiger partial charge in [-0.2, -0.15) is 0 Å². The van der Waals surface area contributed by atoms with Gasteiger partial charge in [0.05, 0.1) is 13.4 Å². The molecule has 0 bridgehead atoms. The Bertz CT molecular complexity index is 562. The molecule has 0 aliphatic heterocycles. The SMILES string of the molecule is O=C1C(Br)=C(Br)C(=O)C(NCS(=O)(=O)[O-])=C1Br. The van der Waals surface area contributed by atoms with E-state index in [-0.39, 0.29) is 19.1 Å². The van der Waals surface area contributed by atoms with Crippen LogP contribution in [0.15, 0.2) is 19.1 Å². The van der Waals surface area contributed by atoms with Crippen molar-refractivity contribution >= 4 is 69.5 Å². The molecule has 1 rings (SSSR count).